The van der Waals surface area contributed by atoms with Gasteiger partial charge in [-0.3, -0.25) is 4.79 Å². The normalized spacial score (nSPS) is 11.6. The third kappa shape index (κ3) is 4.82. The Balaban J connectivity index is 2.40. The molecule has 0 spiro atoms. The van der Waals surface area contributed by atoms with E-state index in [0.717, 1.165) is 11.6 Å². The number of phenols is 4. The van der Waals surface area contributed by atoms with Crippen LogP contribution in [0.4, 0.5) is 0 Å². The number of fused-ring (bicyclic) bond motifs is 1. The third-order valence-electron chi connectivity index (χ3n) is 5.60. The third-order valence-corrected chi connectivity index (χ3v) is 5.60. The maximum atomic E-state index is 13.4. The minimum atomic E-state index is -1.06. The molecule has 0 saturated heterocycles. The first kappa shape index (κ1) is 25.0. The second-order valence-electron chi connectivity index (χ2n) is 9.15. The van der Waals surface area contributed by atoms with Gasteiger partial charge in [-0.1, -0.05) is 11.6 Å². The Morgan fingerprint density at radius 2 is 1.74 bits per heavy atom. The van der Waals surface area contributed by atoms with Crippen molar-refractivity contribution in [1.82, 2.24) is 0 Å². The average Bonchev–Trinajstić information content (AvgIpc) is 2.73. The van der Waals surface area contributed by atoms with E-state index in [4.69, 9.17) is 9.15 Å². The van der Waals surface area contributed by atoms with Crippen LogP contribution in [0.25, 0.3) is 22.3 Å². The Kier molecular flexibility index (Phi) is 6.84. The second kappa shape index (κ2) is 9.30. The molecular weight excluding hydrogens is 440 g/mol. The van der Waals surface area contributed by atoms with Crippen molar-refractivity contribution in [3.05, 3.63) is 51.2 Å². The quantitative estimate of drug-likeness (QED) is 0.251. The van der Waals surface area contributed by atoms with Gasteiger partial charge in [-0.2, -0.15) is 0 Å². The van der Waals surface area contributed by atoms with Crippen molar-refractivity contribution in [1.29, 1.82) is 0 Å². The lowest BCUT2D eigenvalue weighted by atomic mass is 9.93. The van der Waals surface area contributed by atoms with Gasteiger partial charge in [0.25, 0.3) is 0 Å². The van der Waals surface area contributed by atoms with Crippen molar-refractivity contribution < 1.29 is 34.7 Å². The monoisotopic (exact) mass is 470 g/mol. The first-order valence-electron chi connectivity index (χ1n) is 10.8. The van der Waals surface area contributed by atoms with Crippen LogP contribution in [0.3, 0.4) is 0 Å². The van der Waals surface area contributed by atoms with Gasteiger partial charge in [-0.15, -0.1) is 0 Å². The number of phenolic OH excluding ortho intramolecular Hbond substituents is 4. The molecule has 3 aromatic rings. The molecule has 0 unspecified atom stereocenters. The molecule has 1 aromatic heterocycles. The van der Waals surface area contributed by atoms with Crippen molar-refractivity contribution >= 4 is 11.0 Å². The largest absolute Gasteiger partial charge is 0.507 e. The highest BCUT2D eigenvalue weighted by molar-refractivity contribution is 5.91. The predicted octanol–water partition coefficient (Wildman–Crippen LogP) is 4.50. The summed E-state index contributed by atoms with van der Waals surface area (Å²) in [5, 5.41) is 51.7. The Labute approximate surface area is 197 Å². The Morgan fingerprint density at radius 1 is 1.06 bits per heavy atom. The molecule has 0 fully saturated rings. The number of benzene rings is 2. The van der Waals surface area contributed by atoms with E-state index in [-0.39, 0.29) is 64.4 Å². The zero-order chi connectivity index (χ0) is 25.4. The number of hydrogen-bond acceptors (Lipinski definition) is 8. The zero-order valence-electron chi connectivity index (χ0n) is 19.9. The summed E-state index contributed by atoms with van der Waals surface area (Å²) in [4.78, 5) is 13.4. The van der Waals surface area contributed by atoms with Crippen molar-refractivity contribution in [2.45, 2.75) is 52.6 Å². The average molecular weight is 471 g/mol. The van der Waals surface area contributed by atoms with Crippen molar-refractivity contribution in [2.24, 2.45) is 0 Å². The van der Waals surface area contributed by atoms with Crippen LogP contribution in [0.15, 0.2) is 39.1 Å². The maximum Gasteiger partial charge on any atom is 0.239 e. The molecule has 0 aliphatic rings. The van der Waals surface area contributed by atoms with Crippen LogP contribution in [0.2, 0.25) is 0 Å². The Bertz CT molecular complexity index is 1320. The van der Waals surface area contributed by atoms with Gasteiger partial charge in [0.05, 0.1) is 12.7 Å². The van der Waals surface area contributed by atoms with Crippen LogP contribution in [0, 0.1) is 0 Å². The van der Waals surface area contributed by atoms with Gasteiger partial charge in [0.2, 0.25) is 11.2 Å². The Hall–Kier alpha value is -3.65. The highest BCUT2D eigenvalue weighted by Crippen LogP contribution is 2.43. The van der Waals surface area contributed by atoms with E-state index in [2.05, 4.69) is 0 Å². The molecule has 3 rings (SSSR count). The summed E-state index contributed by atoms with van der Waals surface area (Å²) in [5.41, 5.74) is 0.0700. The van der Waals surface area contributed by atoms with Gasteiger partial charge in [-0.25, -0.2) is 0 Å². The van der Waals surface area contributed by atoms with Crippen LogP contribution in [-0.2, 0) is 12.8 Å². The molecule has 0 saturated carbocycles. The van der Waals surface area contributed by atoms with Crippen molar-refractivity contribution in [3.8, 4) is 40.1 Å². The standard InChI is InChI=1S/C26H30O8/c1-13(2)6-7-16-18(28)12-19(29)20-22(31)25(33-5)24(34-23(16)20)15-8-9-17(27)21(30)14(15)10-11-26(3,4)32/h6,8-9,12,27-30,32H,7,10-11H2,1-5H3. The lowest BCUT2D eigenvalue weighted by molar-refractivity contribution is 0.0712. The van der Waals surface area contributed by atoms with E-state index < -0.39 is 22.5 Å². The molecule has 0 aliphatic carbocycles. The SMILES string of the molecule is COc1c(-c2ccc(O)c(O)c2CCC(C)(C)O)oc2c(CC=C(C)C)c(O)cc(O)c2c1=O. The molecule has 34 heavy (non-hydrogen) atoms. The summed E-state index contributed by atoms with van der Waals surface area (Å²) in [7, 11) is 1.28. The molecular formula is C26H30O8. The van der Waals surface area contributed by atoms with Gasteiger partial charge in [-0.05, 0) is 59.1 Å². The fourth-order valence-electron chi connectivity index (χ4n) is 3.76. The van der Waals surface area contributed by atoms with Gasteiger partial charge in [0.15, 0.2) is 17.3 Å². The van der Waals surface area contributed by atoms with Crippen molar-refractivity contribution in [3.63, 3.8) is 0 Å². The lowest BCUT2D eigenvalue weighted by Crippen LogP contribution is -2.19. The molecule has 5 N–H and O–H groups in total. The Morgan fingerprint density at radius 3 is 2.32 bits per heavy atom. The van der Waals surface area contributed by atoms with E-state index in [0.29, 0.717) is 5.56 Å². The summed E-state index contributed by atoms with van der Waals surface area (Å²) < 4.78 is 11.5. The lowest BCUT2D eigenvalue weighted by Gasteiger charge is -2.20. The molecule has 182 valence electrons. The van der Waals surface area contributed by atoms with Crippen LogP contribution >= 0.6 is 0 Å². The first-order chi connectivity index (χ1) is 15.9. The van der Waals surface area contributed by atoms with E-state index in [1.807, 2.05) is 19.9 Å². The van der Waals surface area contributed by atoms with E-state index >= 15 is 0 Å². The molecule has 0 bridgehead atoms. The minimum Gasteiger partial charge on any atom is -0.507 e. The van der Waals surface area contributed by atoms with E-state index in [1.54, 1.807) is 13.8 Å². The predicted molar refractivity (Wildman–Crippen MR) is 129 cm³/mol. The molecule has 2 aromatic carbocycles. The number of methoxy groups -OCH3 is 1. The van der Waals surface area contributed by atoms with Crippen LogP contribution in [-0.4, -0.2) is 38.2 Å². The number of allylic oxidation sites excluding steroid dienone is 2. The number of ether oxygens (including phenoxy) is 1. The van der Waals surface area contributed by atoms with Gasteiger partial charge < -0.3 is 34.7 Å². The second-order valence-corrected chi connectivity index (χ2v) is 9.15. The van der Waals surface area contributed by atoms with Crippen molar-refractivity contribution in [2.75, 3.05) is 7.11 Å². The van der Waals surface area contributed by atoms with Gasteiger partial charge in [0.1, 0.15) is 22.5 Å². The summed E-state index contributed by atoms with van der Waals surface area (Å²) in [6.45, 7) is 7.01. The maximum absolute atomic E-state index is 13.4. The highest BCUT2D eigenvalue weighted by Gasteiger charge is 2.26. The highest BCUT2D eigenvalue weighted by atomic mass is 16.5. The van der Waals surface area contributed by atoms with Gasteiger partial charge >= 0.3 is 0 Å². The number of hydrogen-bond donors (Lipinski definition) is 5. The molecule has 0 aliphatic heterocycles. The molecule has 1 heterocycles. The van der Waals surface area contributed by atoms with Crippen LogP contribution in [0.5, 0.6) is 28.7 Å². The molecule has 0 amide bonds. The van der Waals surface area contributed by atoms with E-state index in [9.17, 15) is 30.3 Å². The first-order valence-corrected chi connectivity index (χ1v) is 10.8. The molecule has 8 nitrogen and oxygen atoms in total. The number of rotatable bonds is 7. The summed E-state index contributed by atoms with van der Waals surface area (Å²) >= 11 is 0. The number of aromatic hydroxyl groups is 4. The fourth-order valence-corrected chi connectivity index (χ4v) is 3.76. The zero-order valence-corrected chi connectivity index (χ0v) is 19.9. The topological polar surface area (TPSA) is 141 Å². The molecule has 0 radical (unpaired) electrons. The number of aliphatic hydroxyl groups is 1. The smallest absolute Gasteiger partial charge is 0.239 e. The molecule has 8 heteroatoms. The summed E-state index contributed by atoms with van der Waals surface area (Å²) in [6, 6.07) is 3.82. The minimum absolute atomic E-state index is 0.0168. The summed E-state index contributed by atoms with van der Waals surface area (Å²) in [5.74, 6) is -1.72. The molecule has 0 atom stereocenters. The van der Waals surface area contributed by atoms with E-state index in [1.165, 1.54) is 19.2 Å². The van der Waals surface area contributed by atoms with Crippen LogP contribution < -0.4 is 10.2 Å². The van der Waals surface area contributed by atoms with Crippen LogP contribution in [0.1, 0.15) is 45.2 Å². The summed E-state index contributed by atoms with van der Waals surface area (Å²) in [6.07, 6.45) is 2.48. The fraction of sp³-hybridized carbons (Fsp3) is 0.346. The van der Waals surface area contributed by atoms with Gasteiger partial charge in [0, 0.05) is 22.8 Å².